The van der Waals surface area contributed by atoms with Crippen molar-refractivity contribution in [3.05, 3.63) is 17.7 Å². The normalized spacial score (nSPS) is 21.5. The van der Waals surface area contributed by atoms with Crippen LogP contribution in [0, 0.1) is 0 Å². The Morgan fingerprint density at radius 2 is 2.19 bits per heavy atom. The molecule has 1 fully saturated rings. The Hall–Kier alpha value is -1.46. The molecule has 2 aliphatic rings. The second kappa shape index (κ2) is 6.54. The Labute approximate surface area is 126 Å². The maximum Gasteiger partial charge on any atom is 0.203 e. The van der Waals surface area contributed by atoms with Gasteiger partial charge < -0.3 is 24.4 Å². The summed E-state index contributed by atoms with van der Waals surface area (Å²) in [7, 11) is 3.87. The fourth-order valence-corrected chi connectivity index (χ4v) is 3.05. The smallest absolute Gasteiger partial charge is 0.203 e. The van der Waals surface area contributed by atoms with Gasteiger partial charge in [0, 0.05) is 19.1 Å². The van der Waals surface area contributed by atoms with Crippen LogP contribution in [0.2, 0.25) is 0 Å². The van der Waals surface area contributed by atoms with E-state index in [0.29, 0.717) is 19.3 Å². The van der Waals surface area contributed by atoms with Gasteiger partial charge in [-0.3, -0.25) is 0 Å². The van der Waals surface area contributed by atoms with Crippen molar-refractivity contribution in [3.8, 4) is 17.2 Å². The predicted octanol–water partition coefficient (Wildman–Crippen LogP) is 1.65. The number of hydrogen-bond acceptors (Lipinski definition) is 5. The Morgan fingerprint density at radius 3 is 2.95 bits per heavy atom. The van der Waals surface area contributed by atoms with Crippen LogP contribution in [0.5, 0.6) is 17.2 Å². The number of fused-ring (bicyclic) bond motifs is 1. The van der Waals surface area contributed by atoms with Crippen molar-refractivity contribution in [1.29, 1.82) is 0 Å². The monoisotopic (exact) mass is 292 g/mol. The summed E-state index contributed by atoms with van der Waals surface area (Å²) in [5.74, 6) is 2.26. The largest absolute Gasteiger partial charge is 0.493 e. The number of likely N-dealkylation sites (N-methyl/N-ethyl adjacent to an activating group) is 1. The van der Waals surface area contributed by atoms with E-state index >= 15 is 0 Å². The van der Waals surface area contributed by atoms with Crippen LogP contribution in [0.25, 0.3) is 0 Å². The van der Waals surface area contributed by atoms with E-state index in [9.17, 15) is 0 Å². The van der Waals surface area contributed by atoms with Crippen LogP contribution in [-0.2, 0) is 6.54 Å². The Bertz CT molecular complexity index is 475. The van der Waals surface area contributed by atoms with E-state index < -0.39 is 0 Å². The van der Waals surface area contributed by atoms with Gasteiger partial charge in [0.15, 0.2) is 11.5 Å². The van der Waals surface area contributed by atoms with Gasteiger partial charge in [-0.25, -0.2) is 0 Å². The minimum absolute atomic E-state index is 0.578. The minimum atomic E-state index is 0.578. The molecule has 0 spiro atoms. The molecule has 0 bridgehead atoms. The third-order valence-electron chi connectivity index (χ3n) is 4.27. The van der Waals surface area contributed by atoms with Crippen molar-refractivity contribution < 1.29 is 14.2 Å². The third kappa shape index (κ3) is 3.24. The Kier molecular flexibility index (Phi) is 4.51. The SMILES string of the molecule is COc1cc(CNCC2CCCN2C)cc2c1OCCO2. The molecule has 2 heterocycles. The maximum absolute atomic E-state index is 5.66. The van der Waals surface area contributed by atoms with Gasteiger partial charge in [0.25, 0.3) is 0 Å². The summed E-state index contributed by atoms with van der Waals surface area (Å²) in [6.45, 7) is 4.23. The predicted molar refractivity (Wildman–Crippen MR) is 81.3 cm³/mol. The Balaban J connectivity index is 1.62. The van der Waals surface area contributed by atoms with Gasteiger partial charge in [-0.2, -0.15) is 0 Å². The van der Waals surface area contributed by atoms with E-state index in [2.05, 4.69) is 17.3 Å². The van der Waals surface area contributed by atoms with E-state index in [0.717, 1.165) is 35.9 Å². The zero-order valence-corrected chi connectivity index (χ0v) is 12.9. The van der Waals surface area contributed by atoms with E-state index in [1.165, 1.54) is 19.4 Å². The molecule has 116 valence electrons. The molecular formula is C16H24N2O3. The molecule has 0 aliphatic carbocycles. The van der Waals surface area contributed by atoms with Crippen molar-refractivity contribution in [2.75, 3.05) is 40.5 Å². The molecule has 1 aromatic carbocycles. The molecule has 1 N–H and O–H groups in total. The van der Waals surface area contributed by atoms with Crippen LogP contribution < -0.4 is 19.5 Å². The van der Waals surface area contributed by atoms with Gasteiger partial charge in [0.2, 0.25) is 5.75 Å². The third-order valence-corrected chi connectivity index (χ3v) is 4.27. The molecule has 5 heteroatoms. The van der Waals surface area contributed by atoms with Crippen molar-refractivity contribution in [2.24, 2.45) is 0 Å². The Morgan fingerprint density at radius 1 is 1.33 bits per heavy atom. The van der Waals surface area contributed by atoms with E-state index in [1.54, 1.807) is 7.11 Å². The number of nitrogens with zero attached hydrogens (tertiary/aromatic N) is 1. The fourth-order valence-electron chi connectivity index (χ4n) is 3.05. The lowest BCUT2D eigenvalue weighted by molar-refractivity contribution is 0.165. The molecule has 1 saturated heterocycles. The average molecular weight is 292 g/mol. The van der Waals surface area contributed by atoms with E-state index in [4.69, 9.17) is 14.2 Å². The highest BCUT2D eigenvalue weighted by molar-refractivity contribution is 5.54. The molecular weight excluding hydrogens is 268 g/mol. The first kappa shape index (κ1) is 14.5. The quantitative estimate of drug-likeness (QED) is 0.894. The lowest BCUT2D eigenvalue weighted by atomic mass is 10.1. The maximum atomic E-state index is 5.66. The zero-order valence-electron chi connectivity index (χ0n) is 12.9. The lowest BCUT2D eigenvalue weighted by Gasteiger charge is -2.22. The van der Waals surface area contributed by atoms with Gasteiger partial charge in [0.1, 0.15) is 13.2 Å². The summed E-state index contributed by atoms with van der Waals surface area (Å²) < 4.78 is 16.7. The summed E-state index contributed by atoms with van der Waals surface area (Å²) in [5.41, 5.74) is 1.16. The number of rotatable bonds is 5. The highest BCUT2D eigenvalue weighted by Crippen LogP contribution is 2.40. The molecule has 0 aromatic heterocycles. The van der Waals surface area contributed by atoms with E-state index in [1.807, 2.05) is 12.1 Å². The summed E-state index contributed by atoms with van der Waals surface area (Å²) in [6.07, 6.45) is 2.59. The summed E-state index contributed by atoms with van der Waals surface area (Å²) in [6, 6.07) is 4.73. The van der Waals surface area contributed by atoms with Gasteiger partial charge in [-0.15, -0.1) is 0 Å². The topological polar surface area (TPSA) is 43.0 Å². The van der Waals surface area contributed by atoms with Gasteiger partial charge >= 0.3 is 0 Å². The summed E-state index contributed by atoms with van der Waals surface area (Å²) >= 11 is 0. The number of ether oxygens (including phenoxy) is 3. The lowest BCUT2D eigenvalue weighted by Crippen LogP contribution is -2.35. The number of benzene rings is 1. The van der Waals surface area contributed by atoms with Crippen LogP contribution in [0.3, 0.4) is 0 Å². The van der Waals surface area contributed by atoms with Crippen molar-refractivity contribution in [3.63, 3.8) is 0 Å². The van der Waals surface area contributed by atoms with Crippen LogP contribution in [0.4, 0.5) is 0 Å². The molecule has 0 radical (unpaired) electrons. The van der Waals surface area contributed by atoms with Crippen LogP contribution in [0.1, 0.15) is 18.4 Å². The molecule has 1 atom stereocenters. The van der Waals surface area contributed by atoms with Crippen molar-refractivity contribution >= 4 is 0 Å². The molecule has 21 heavy (non-hydrogen) atoms. The van der Waals surface area contributed by atoms with Gasteiger partial charge in [-0.1, -0.05) is 0 Å². The van der Waals surface area contributed by atoms with Crippen molar-refractivity contribution in [1.82, 2.24) is 10.2 Å². The zero-order chi connectivity index (χ0) is 14.7. The summed E-state index contributed by atoms with van der Waals surface area (Å²) in [4.78, 5) is 2.43. The standard InChI is InChI=1S/C16H24N2O3/c1-18-5-3-4-13(18)11-17-10-12-8-14(19-2)16-15(9-12)20-6-7-21-16/h8-9,13,17H,3-7,10-11H2,1-2H3. The second-order valence-electron chi connectivity index (χ2n) is 5.73. The number of methoxy groups -OCH3 is 1. The summed E-state index contributed by atoms with van der Waals surface area (Å²) in [5, 5.41) is 3.54. The number of nitrogens with one attached hydrogen (secondary N) is 1. The van der Waals surface area contributed by atoms with Gasteiger partial charge in [0.05, 0.1) is 7.11 Å². The molecule has 0 saturated carbocycles. The first-order chi connectivity index (χ1) is 10.3. The first-order valence-electron chi connectivity index (χ1n) is 7.65. The highest BCUT2D eigenvalue weighted by atomic mass is 16.6. The van der Waals surface area contributed by atoms with E-state index in [-0.39, 0.29) is 0 Å². The molecule has 3 rings (SSSR count). The first-order valence-corrected chi connectivity index (χ1v) is 7.65. The molecule has 0 amide bonds. The minimum Gasteiger partial charge on any atom is -0.493 e. The second-order valence-corrected chi connectivity index (χ2v) is 5.73. The number of likely N-dealkylation sites (tertiary alicyclic amines) is 1. The fraction of sp³-hybridized carbons (Fsp3) is 0.625. The van der Waals surface area contributed by atoms with Crippen molar-refractivity contribution in [2.45, 2.75) is 25.4 Å². The molecule has 1 unspecified atom stereocenters. The van der Waals surface area contributed by atoms with Gasteiger partial charge in [-0.05, 0) is 44.1 Å². The highest BCUT2D eigenvalue weighted by Gasteiger charge is 2.21. The number of hydrogen-bond donors (Lipinski definition) is 1. The molecule has 5 nitrogen and oxygen atoms in total. The van der Waals surface area contributed by atoms with Crippen LogP contribution in [0.15, 0.2) is 12.1 Å². The molecule has 1 aromatic rings. The molecule has 2 aliphatic heterocycles. The van der Waals surface area contributed by atoms with Crippen LogP contribution >= 0.6 is 0 Å². The van der Waals surface area contributed by atoms with Crippen LogP contribution in [-0.4, -0.2) is 51.4 Å². The average Bonchev–Trinajstić information content (AvgIpc) is 2.92.